The third-order valence-electron chi connectivity index (χ3n) is 2.83. The minimum Gasteiger partial charge on any atom is -0.324 e. The van der Waals surface area contributed by atoms with E-state index in [1.807, 2.05) is 0 Å². The van der Waals surface area contributed by atoms with Crippen molar-refractivity contribution in [2.75, 3.05) is 0 Å². The molecule has 0 aromatic heterocycles. The maximum Gasteiger partial charge on any atom is 0.129 e. The van der Waals surface area contributed by atoms with Crippen LogP contribution in [0, 0.1) is 11.6 Å². The highest BCUT2D eigenvalue weighted by atomic mass is 35.5. The van der Waals surface area contributed by atoms with E-state index in [0.717, 1.165) is 0 Å². The van der Waals surface area contributed by atoms with Gasteiger partial charge in [-0.25, -0.2) is 8.78 Å². The molecule has 0 saturated carbocycles. The van der Waals surface area contributed by atoms with Gasteiger partial charge in [0, 0.05) is 21.7 Å². The van der Waals surface area contributed by atoms with Crippen LogP contribution in [-0.4, -0.2) is 0 Å². The van der Waals surface area contributed by atoms with E-state index in [4.69, 9.17) is 28.9 Å². The summed E-state index contributed by atoms with van der Waals surface area (Å²) in [6.07, 6.45) is 0.143. The van der Waals surface area contributed by atoms with Gasteiger partial charge < -0.3 is 5.73 Å². The maximum absolute atomic E-state index is 13.7. The molecule has 0 amide bonds. The monoisotopic (exact) mass is 301 g/mol. The van der Waals surface area contributed by atoms with Crippen LogP contribution in [0.4, 0.5) is 8.78 Å². The molecular weight excluding hydrogens is 291 g/mol. The Labute approximate surface area is 119 Å². The summed E-state index contributed by atoms with van der Waals surface area (Å²) in [5, 5.41) is 0.542. The molecule has 100 valence electrons. The summed E-state index contributed by atoms with van der Waals surface area (Å²) in [6, 6.07) is 7.91. The van der Waals surface area contributed by atoms with Crippen LogP contribution in [0.15, 0.2) is 36.4 Å². The third-order valence-corrected chi connectivity index (χ3v) is 3.39. The van der Waals surface area contributed by atoms with Crippen LogP contribution in [0.1, 0.15) is 17.2 Å². The van der Waals surface area contributed by atoms with Crippen molar-refractivity contribution in [1.82, 2.24) is 0 Å². The molecule has 2 aromatic carbocycles. The first kappa shape index (κ1) is 14.3. The van der Waals surface area contributed by atoms with Gasteiger partial charge in [0.15, 0.2) is 0 Å². The van der Waals surface area contributed by atoms with Gasteiger partial charge in [0.25, 0.3) is 0 Å². The van der Waals surface area contributed by atoms with Gasteiger partial charge in [0.1, 0.15) is 11.6 Å². The lowest BCUT2D eigenvalue weighted by molar-refractivity contribution is 0.563. The van der Waals surface area contributed by atoms with Crippen molar-refractivity contribution >= 4 is 23.2 Å². The van der Waals surface area contributed by atoms with Crippen molar-refractivity contribution in [2.45, 2.75) is 12.5 Å². The van der Waals surface area contributed by atoms with Crippen LogP contribution in [-0.2, 0) is 6.42 Å². The van der Waals surface area contributed by atoms with Crippen LogP contribution < -0.4 is 5.73 Å². The Bertz CT molecular complexity index is 582. The van der Waals surface area contributed by atoms with Gasteiger partial charge >= 0.3 is 0 Å². The zero-order valence-electron chi connectivity index (χ0n) is 9.84. The molecule has 19 heavy (non-hydrogen) atoms. The molecule has 0 saturated heterocycles. The first-order chi connectivity index (χ1) is 8.99. The lowest BCUT2D eigenvalue weighted by Gasteiger charge is -2.15. The molecule has 1 atom stereocenters. The van der Waals surface area contributed by atoms with Gasteiger partial charge in [-0.05, 0) is 36.2 Å². The fourth-order valence-corrected chi connectivity index (χ4v) is 2.35. The van der Waals surface area contributed by atoms with E-state index in [0.29, 0.717) is 10.6 Å². The Morgan fingerprint density at radius 1 is 1.05 bits per heavy atom. The largest absolute Gasteiger partial charge is 0.324 e. The molecule has 2 rings (SSSR count). The normalized spacial score (nSPS) is 12.5. The highest BCUT2D eigenvalue weighted by Gasteiger charge is 2.17. The van der Waals surface area contributed by atoms with Crippen molar-refractivity contribution in [3.63, 3.8) is 0 Å². The molecule has 0 aliphatic heterocycles. The summed E-state index contributed by atoms with van der Waals surface area (Å²) >= 11 is 11.6. The average molecular weight is 302 g/mol. The molecule has 0 radical (unpaired) electrons. The van der Waals surface area contributed by atoms with E-state index in [-0.39, 0.29) is 17.0 Å². The summed E-state index contributed by atoms with van der Waals surface area (Å²) < 4.78 is 27.3. The highest BCUT2D eigenvalue weighted by Crippen LogP contribution is 2.27. The van der Waals surface area contributed by atoms with E-state index >= 15 is 0 Å². The molecule has 0 aliphatic rings. The quantitative estimate of drug-likeness (QED) is 0.886. The molecule has 1 nitrogen and oxygen atoms in total. The van der Waals surface area contributed by atoms with E-state index in [1.54, 1.807) is 12.1 Å². The van der Waals surface area contributed by atoms with Gasteiger partial charge in [-0.1, -0.05) is 35.3 Å². The molecule has 0 bridgehead atoms. The predicted octanol–water partition coefficient (Wildman–Crippen LogP) is 4.51. The zero-order valence-corrected chi connectivity index (χ0v) is 11.3. The molecule has 0 aliphatic carbocycles. The van der Waals surface area contributed by atoms with Gasteiger partial charge in [-0.3, -0.25) is 0 Å². The molecule has 2 N–H and O–H groups in total. The Kier molecular flexibility index (Phi) is 4.40. The fraction of sp³-hybridized carbons (Fsp3) is 0.143. The number of hydrogen-bond donors (Lipinski definition) is 1. The second-order valence-electron chi connectivity index (χ2n) is 4.18. The van der Waals surface area contributed by atoms with Gasteiger partial charge in [-0.2, -0.15) is 0 Å². The van der Waals surface area contributed by atoms with Crippen LogP contribution in [0.25, 0.3) is 0 Å². The summed E-state index contributed by atoms with van der Waals surface area (Å²) in [6.45, 7) is 0. The smallest absolute Gasteiger partial charge is 0.129 e. The number of nitrogens with two attached hydrogens (primary N) is 1. The van der Waals surface area contributed by atoms with Crippen LogP contribution in [0.2, 0.25) is 10.0 Å². The summed E-state index contributed by atoms with van der Waals surface area (Å²) in [5.74, 6) is -0.954. The van der Waals surface area contributed by atoms with Crippen molar-refractivity contribution in [3.05, 3.63) is 69.2 Å². The van der Waals surface area contributed by atoms with Crippen molar-refractivity contribution in [2.24, 2.45) is 5.73 Å². The molecule has 1 unspecified atom stereocenters. The number of halogens is 4. The van der Waals surface area contributed by atoms with E-state index in [2.05, 4.69) is 0 Å². The summed E-state index contributed by atoms with van der Waals surface area (Å²) in [7, 11) is 0. The first-order valence-corrected chi connectivity index (χ1v) is 6.38. The summed E-state index contributed by atoms with van der Waals surface area (Å²) in [4.78, 5) is 0. The topological polar surface area (TPSA) is 26.0 Å². The Hall–Kier alpha value is -1.16. The number of benzene rings is 2. The minimum atomic E-state index is -0.718. The third kappa shape index (κ3) is 3.24. The van der Waals surface area contributed by atoms with Gasteiger partial charge in [-0.15, -0.1) is 0 Å². The number of hydrogen-bond acceptors (Lipinski definition) is 1. The minimum absolute atomic E-state index is 0.143. The molecule has 0 fully saturated rings. The standard InChI is InChI=1S/C14H11Cl2F2N/c15-9-5-4-8(12(18)7-9)6-13(19)14-10(16)2-1-3-11(14)17/h1-5,7,13H,6,19H2. The summed E-state index contributed by atoms with van der Waals surface area (Å²) in [5.41, 5.74) is 6.48. The van der Waals surface area contributed by atoms with E-state index in [9.17, 15) is 8.78 Å². The molecular formula is C14H11Cl2F2N. The fourth-order valence-electron chi connectivity index (χ4n) is 1.89. The van der Waals surface area contributed by atoms with Gasteiger partial charge in [0.2, 0.25) is 0 Å². The van der Waals surface area contributed by atoms with Gasteiger partial charge in [0.05, 0.1) is 0 Å². The van der Waals surface area contributed by atoms with Crippen LogP contribution in [0.3, 0.4) is 0 Å². The zero-order chi connectivity index (χ0) is 14.0. The van der Waals surface area contributed by atoms with Crippen molar-refractivity contribution < 1.29 is 8.78 Å². The Balaban J connectivity index is 2.28. The van der Waals surface area contributed by atoms with Crippen LogP contribution in [0.5, 0.6) is 0 Å². The second kappa shape index (κ2) is 5.87. The van der Waals surface area contributed by atoms with Crippen LogP contribution >= 0.6 is 23.2 Å². The average Bonchev–Trinajstić information content (AvgIpc) is 2.32. The van der Waals surface area contributed by atoms with E-state index < -0.39 is 17.7 Å². The molecule has 5 heteroatoms. The Morgan fingerprint density at radius 3 is 2.42 bits per heavy atom. The SMILES string of the molecule is NC(Cc1ccc(Cl)cc1F)c1c(F)cccc1Cl. The maximum atomic E-state index is 13.7. The lowest BCUT2D eigenvalue weighted by atomic mass is 9.99. The van der Waals surface area contributed by atoms with Crippen molar-refractivity contribution in [3.8, 4) is 0 Å². The lowest BCUT2D eigenvalue weighted by Crippen LogP contribution is -2.16. The van der Waals surface area contributed by atoms with Crippen molar-refractivity contribution in [1.29, 1.82) is 0 Å². The van der Waals surface area contributed by atoms with E-state index in [1.165, 1.54) is 24.3 Å². The molecule has 2 aromatic rings. The molecule has 0 heterocycles. The highest BCUT2D eigenvalue weighted by molar-refractivity contribution is 6.31. The Morgan fingerprint density at radius 2 is 1.79 bits per heavy atom. The predicted molar refractivity (Wildman–Crippen MR) is 73.5 cm³/mol. The second-order valence-corrected chi connectivity index (χ2v) is 5.03. The number of rotatable bonds is 3. The first-order valence-electron chi connectivity index (χ1n) is 5.62. The molecule has 0 spiro atoms.